The maximum absolute atomic E-state index is 13.4. The average molecular weight is 492 g/mol. The van der Waals surface area contributed by atoms with Gasteiger partial charge in [0.25, 0.3) is 5.91 Å². The predicted octanol–water partition coefficient (Wildman–Crippen LogP) is 3.91. The Bertz CT molecular complexity index is 1270. The zero-order chi connectivity index (χ0) is 25.2. The van der Waals surface area contributed by atoms with Crippen molar-refractivity contribution in [2.24, 2.45) is 5.92 Å². The number of aromatic amines is 1. The van der Waals surface area contributed by atoms with Crippen LogP contribution in [-0.4, -0.2) is 52.6 Å². The van der Waals surface area contributed by atoms with Gasteiger partial charge < -0.3 is 25.1 Å². The minimum absolute atomic E-state index is 0.00970. The number of benzene rings is 1. The van der Waals surface area contributed by atoms with Gasteiger partial charge in [0.1, 0.15) is 29.0 Å². The van der Waals surface area contributed by atoms with Crippen LogP contribution >= 0.6 is 0 Å². The zero-order valence-corrected chi connectivity index (χ0v) is 21.0. The second-order valence-electron chi connectivity index (χ2n) is 9.91. The van der Waals surface area contributed by atoms with E-state index in [0.29, 0.717) is 40.6 Å². The Morgan fingerprint density at radius 3 is 2.44 bits per heavy atom. The summed E-state index contributed by atoms with van der Waals surface area (Å²) in [6.45, 7) is 4.09. The summed E-state index contributed by atoms with van der Waals surface area (Å²) in [5, 5.41) is 6.16. The summed E-state index contributed by atoms with van der Waals surface area (Å²) in [6, 6.07) is 5.94. The molecule has 36 heavy (non-hydrogen) atoms. The SMILES string of the molecule is COc1ccc(OCC2CC2)c(-c2ncnc3c(C(=O)N[C@H]4CC[C@H](NC(C)=O)CC4)c(C)[nH]c23)c1. The van der Waals surface area contributed by atoms with Crippen molar-refractivity contribution in [1.29, 1.82) is 0 Å². The topological polar surface area (TPSA) is 118 Å². The van der Waals surface area contributed by atoms with Crippen molar-refractivity contribution in [3.63, 3.8) is 0 Å². The lowest BCUT2D eigenvalue weighted by molar-refractivity contribution is -0.119. The highest BCUT2D eigenvalue weighted by Crippen LogP contribution is 2.38. The third-order valence-corrected chi connectivity index (χ3v) is 7.08. The van der Waals surface area contributed by atoms with E-state index in [1.807, 2.05) is 25.1 Å². The number of rotatable bonds is 8. The number of aryl methyl sites for hydroxylation is 1. The van der Waals surface area contributed by atoms with Crippen LogP contribution < -0.4 is 20.1 Å². The van der Waals surface area contributed by atoms with Gasteiger partial charge in [0.2, 0.25) is 5.91 Å². The molecule has 9 nitrogen and oxygen atoms in total. The molecule has 2 amide bonds. The number of ether oxygens (including phenoxy) is 2. The average Bonchev–Trinajstić information content (AvgIpc) is 3.63. The molecule has 2 aliphatic carbocycles. The van der Waals surface area contributed by atoms with Crippen molar-refractivity contribution in [3.8, 4) is 22.8 Å². The van der Waals surface area contributed by atoms with Crippen LogP contribution in [0.4, 0.5) is 0 Å². The maximum Gasteiger partial charge on any atom is 0.255 e. The van der Waals surface area contributed by atoms with E-state index in [1.165, 1.54) is 26.1 Å². The number of methoxy groups -OCH3 is 1. The van der Waals surface area contributed by atoms with E-state index >= 15 is 0 Å². The van der Waals surface area contributed by atoms with E-state index in [2.05, 4.69) is 25.6 Å². The third-order valence-electron chi connectivity index (χ3n) is 7.08. The van der Waals surface area contributed by atoms with E-state index in [0.717, 1.165) is 42.7 Å². The second kappa shape index (κ2) is 10.2. The number of amides is 2. The van der Waals surface area contributed by atoms with E-state index in [1.54, 1.807) is 7.11 Å². The van der Waals surface area contributed by atoms with Crippen LogP contribution in [0.1, 0.15) is 61.5 Å². The van der Waals surface area contributed by atoms with Crippen molar-refractivity contribution < 1.29 is 19.1 Å². The summed E-state index contributed by atoms with van der Waals surface area (Å²) >= 11 is 0. The molecule has 0 atom stereocenters. The molecule has 3 N–H and O–H groups in total. The molecule has 190 valence electrons. The van der Waals surface area contributed by atoms with Gasteiger partial charge in [-0.2, -0.15) is 0 Å². The quantitative estimate of drug-likeness (QED) is 0.440. The number of aromatic nitrogens is 3. The van der Waals surface area contributed by atoms with Crippen molar-refractivity contribution in [1.82, 2.24) is 25.6 Å². The number of carbonyl (C=O) groups excluding carboxylic acids is 2. The molecule has 3 aromatic rings. The van der Waals surface area contributed by atoms with Crippen LogP contribution in [0.5, 0.6) is 11.5 Å². The van der Waals surface area contributed by atoms with E-state index < -0.39 is 0 Å². The number of carbonyl (C=O) groups is 2. The van der Waals surface area contributed by atoms with Gasteiger partial charge in [-0.1, -0.05) is 0 Å². The summed E-state index contributed by atoms with van der Waals surface area (Å²) in [7, 11) is 1.63. The molecule has 2 saturated carbocycles. The van der Waals surface area contributed by atoms with Gasteiger partial charge >= 0.3 is 0 Å². The molecule has 2 fully saturated rings. The lowest BCUT2D eigenvalue weighted by Crippen LogP contribution is -2.43. The highest BCUT2D eigenvalue weighted by atomic mass is 16.5. The second-order valence-corrected chi connectivity index (χ2v) is 9.91. The van der Waals surface area contributed by atoms with Crippen LogP contribution in [-0.2, 0) is 4.79 Å². The zero-order valence-electron chi connectivity index (χ0n) is 21.0. The van der Waals surface area contributed by atoms with Gasteiger partial charge in [-0.3, -0.25) is 9.59 Å². The molecule has 0 saturated heterocycles. The first-order valence-corrected chi connectivity index (χ1v) is 12.7. The fourth-order valence-corrected chi connectivity index (χ4v) is 4.97. The predicted molar refractivity (Wildman–Crippen MR) is 136 cm³/mol. The monoisotopic (exact) mass is 491 g/mol. The standard InChI is InChI=1S/C27H33N5O4/c1-15-23(27(34)32-19-8-6-18(7-9-19)31-16(2)33)25-26(30-15)24(28-14-29-25)21-12-20(35-3)10-11-22(21)36-13-17-4-5-17/h10-12,14,17-19,30H,4-9,13H2,1-3H3,(H,31,33)(H,32,34)/t18-,19-. The van der Waals surface area contributed by atoms with Crippen molar-refractivity contribution in [3.05, 3.63) is 35.8 Å². The number of nitrogens with zero attached hydrogens (tertiary/aromatic N) is 2. The van der Waals surface area contributed by atoms with Gasteiger partial charge in [0.05, 0.1) is 24.8 Å². The first kappa shape index (κ1) is 24.1. The van der Waals surface area contributed by atoms with Crippen LogP contribution in [0.2, 0.25) is 0 Å². The van der Waals surface area contributed by atoms with Gasteiger partial charge in [-0.15, -0.1) is 0 Å². The Kier molecular flexibility index (Phi) is 6.80. The summed E-state index contributed by atoms with van der Waals surface area (Å²) in [4.78, 5) is 37.1. The molecule has 0 bridgehead atoms. The highest BCUT2D eigenvalue weighted by Gasteiger charge is 2.27. The maximum atomic E-state index is 13.4. The molecular weight excluding hydrogens is 458 g/mol. The highest BCUT2D eigenvalue weighted by molar-refractivity contribution is 6.09. The van der Waals surface area contributed by atoms with Crippen LogP contribution in [0.25, 0.3) is 22.3 Å². The van der Waals surface area contributed by atoms with Crippen LogP contribution in [0, 0.1) is 12.8 Å². The van der Waals surface area contributed by atoms with E-state index in [9.17, 15) is 9.59 Å². The fourth-order valence-electron chi connectivity index (χ4n) is 4.97. The molecule has 9 heteroatoms. The van der Waals surface area contributed by atoms with Crippen molar-refractivity contribution in [2.45, 2.75) is 64.5 Å². The molecule has 2 heterocycles. The summed E-state index contributed by atoms with van der Waals surface area (Å²) in [5.74, 6) is 1.89. The smallest absolute Gasteiger partial charge is 0.255 e. The summed E-state index contributed by atoms with van der Waals surface area (Å²) in [5.41, 5.74) is 4.01. The Hall–Kier alpha value is -3.62. The molecule has 0 aliphatic heterocycles. The summed E-state index contributed by atoms with van der Waals surface area (Å²) in [6.07, 6.45) is 7.24. The molecule has 0 radical (unpaired) electrons. The molecule has 2 aromatic heterocycles. The normalized spacial score (nSPS) is 19.6. The van der Waals surface area contributed by atoms with E-state index in [-0.39, 0.29) is 23.9 Å². The number of hydrogen-bond acceptors (Lipinski definition) is 6. The van der Waals surface area contributed by atoms with E-state index in [4.69, 9.17) is 9.47 Å². The molecule has 0 spiro atoms. The Morgan fingerprint density at radius 2 is 1.78 bits per heavy atom. The number of hydrogen-bond donors (Lipinski definition) is 3. The van der Waals surface area contributed by atoms with Gasteiger partial charge in [0.15, 0.2) is 0 Å². The molecular formula is C27H33N5O4. The van der Waals surface area contributed by atoms with Crippen molar-refractivity contribution >= 4 is 22.8 Å². The minimum Gasteiger partial charge on any atom is -0.497 e. The van der Waals surface area contributed by atoms with Crippen molar-refractivity contribution in [2.75, 3.05) is 13.7 Å². The molecule has 0 unspecified atom stereocenters. The lowest BCUT2D eigenvalue weighted by atomic mass is 9.91. The Balaban J connectivity index is 1.41. The summed E-state index contributed by atoms with van der Waals surface area (Å²) < 4.78 is 11.6. The minimum atomic E-state index is -0.151. The fraction of sp³-hybridized carbons (Fsp3) is 0.481. The third kappa shape index (κ3) is 5.15. The lowest BCUT2D eigenvalue weighted by Gasteiger charge is -2.29. The number of nitrogens with one attached hydrogen (secondary N) is 3. The molecule has 1 aromatic carbocycles. The largest absolute Gasteiger partial charge is 0.497 e. The number of H-pyrrole nitrogens is 1. The van der Waals surface area contributed by atoms with Crippen LogP contribution in [0.15, 0.2) is 24.5 Å². The molecule has 2 aliphatic rings. The first-order chi connectivity index (χ1) is 17.4. The molecule has 5 rings (SSSR count). The Morgan fingerprint density at radius 1 is 1.06 bits per heavy atom. The van der Waals surface area contributed by atoms with Gasteiger partial charge in [-0.05, 0) is 69.6 Å². The first-order valence-electron chi connectivity index (χ1n) is 12.7. The van der Waals surface area contributed by atoms with Gasteiger partial charge in [0, 0.05) is 30.3 Å². The number of fused-ring (bicyclic) bond motifs is 1. The van der Waals surface area contributed by atoms with Gasteiger partial charge in [-0.25, -0.2) is 9.97 Å². The van der Waals surface area contributed by atoms with Crippen LogP contribution in [0.3, 0.4) is 0 Å². The Labute approximate surface area is 210 Å².